The maximum absolute atomic E-state index is 12.7. The number of alkyl halides is 1. The van der Waals surface area contributed by atoms with Gasteiger partial charge in [-0.1, -0.05) is 45.8 Å². The van der Waals surface area contributed by atoms with Gasteiger partial charge in [0.15, 0.2) is 4.90 Å². The summed E-state index contributed by atoms with van der Waals surface area (Å²) in [7, 11) is -5.92. The van der Waals surface area contributed by atoms with Crippen LogP contribution in [0.15, 0.2) is 58.3 Å². The van der Waals surface area contributed by atoms with E-state index in [1.165, 1.54) is 12.1 Å². The lowest BCUT2D eigenvalue weighted by Crippen LogP contribution is -2.47. The molecule has 0 radical (unpaired) electrons. The molecule has 0 aliphatic rings. The van der Waals surface area contributed by atoms with Crippen LogP contribution in [0.1, 0.15) is 5.56 Å². The number of aryl methyl sites for hydroxylation is 1. The summed E-state index contributed by atoms with van der Waals surface area (Å²) < 4.78 is 40.3. The van der Waals surface area contributed by atoms with Crippen molar-refractivity contribution in [1.82, 2.24) is 4.72 Å². The smallest absolute Gasteiger partial charge is 0.289 e. The SMILES string of the molecule is Cc1ccc([S@](=O)C[C@H](NS(=O)(=O)c2ccccc2[N+](=O)[O-])[C@@H](O)CBr)cc1. The molecule has 2 aromatic carbocycles. The molecule has 2 N–H and O–H groups in total. The number of hydrogen-bond donors (Lipinski definition) is 2. The van der Waals surface area contributed by atoms with Gasteiger partial charge >= 0.3 is 0 Å². The zero-order valence-electron chi connectivity index (χ0n) is 14.8. The van der Waals surface area contributed by atoms with E-state index in [1.54, 1.807) is 24.3 Å². The summed E-state index contributed by atoms with van der Waals surface area (Å²) in [5, 5.41) is 21.4. The molecule has 0 unspecified atom stereocenters. The standard InChI is InChI=1S/C17H19BrN2O6S2/c1-12-6-8-13(9-7-12)27(24)11-14(16(21)10-18)19-28(25,26)17-5-3-2-4-15(17)20(22)23/h2-9,14,16,19,21H,10-11H2,1H3/t14-,16-,27+/m0/s1. The van der Waals surface area contributed by atoms with Gasteiger partial charge in [0.25, 0.3) is 5.69 Å². The van der Waals surface area contributed by atoms with Crippen molar-refractivity contribution in [2.45, 2.75) is 28.9 Å². The number of nitro groups is 1. The van der Waals surface area contributed by atoms with E-state index in [0.29, 0.717) is 4.90 Å². The molecule has 0 amide bonds. The summed E-state index contributed by atoms with van der Waals surface area (Å²) in [6.07, 6.45) is -1.19. The van der Waals surface area contributed by atoms with E-state index in [2.05, 4.69) is 20.7 Å². The minimum atomic E-state index is -4.33. The molecular formula is C17H19BrN2O6S2. The molecule has 0 aliphatic heterocycles. The molecule has 152 valence electrons. The average Bonchev–Trinajstić information content (AvgIpc) is 2.67. The molecule has 0 bridgehead atoms. The number of nitrogens with zero attached hydrogens (tertiary/aromatic N) is 1. The summed E-state index contributed by atoms with van der Waals surface area (Å²) in [5.41, 5.74) is 0.400. The molecule has 8 nitrogen and oxygen atoms in total. The van der Waals surface area contributed by atoms with E-state index in [-0.39, 0.29) is 11.1 Å². The zero-order valence-corrected chi connectivity index (χ0v) is 18.0. The summed E-state index contributed by atoms with van der Waals surface area (Å²) in [5.74, 6) is -0.199. The zero-order chi connectivity index (χ0) is 20.9. The van der Waals surface area contributed by atoms with Crippen molar-refractivity contribution in [2.24, 2.45) is 0 Å². The van der Waals surface area contributed by atoms with Crippen LogP contribution in [0.4, 0.5) is 5.69 Å². The first kappa shape index (κ1) is 22.6. The second-order valence-corrected chi connectivity index (χ2v) is 9.83. The topological polar surface area (TPSA) is 127 Å². The highest BCUT2D eigenvalue weighted by atomic mass is 79.9. The Hall–Kier alpha value is -1.66. The number of halogens is 1. The highest BCUT2D eigenvalue weighted by Crippen LogP contribution is 2.23. The molecule has 0 heterocycles. The van der Waals surface area contributed by atoms with Crippen LogP contribution in [-0.2, 0) is 20.8 Å². The molecular weight excluding hydrogens is 472 g/mol. The van der Waals surface area contributed by atoms with Crippen LogP contribution in [-0.4, -0.2) is 45.9 Å². The van der Waals surface area contributed by atoms with Gasteiger partial charge in [-0.05, 0) is 25.1 Å². The summed E-state index contributed by atoms with van der Waals surface area (Å²) in [6.45, 7) is 1.88. The van der Waals surface area contributed by atoms with Gasteiger partial charge in [-0.2, -0.15) is 0 Å². The number of para-hydroxylation sites is 1. The molecule has 3 atom stereocenters. The molecule has 0 saturated carbocycles. The lowest BCUT2D eigenvalue weighted by molar-refractivity contribution is -0.387. The third-order valence-electron chi connectivity index (χ3n) is 3.90. The second kappa shape index (κ2) is 9.70. The Morgan fingerprint density at radius 1 is 1.21 bits per heavy atom. The largest absolute Gasteiger partial charge is 0.391 e. The summed E-state index contributed by atoms with van der Waals surface area (Å²) in [4.78, 5) is 10.3. The van der Waals surface area contributed by atoms with Gasteiger partial charge < -0.3 is 5.11 Å². The molecule has 0 aliphatic carbocycles. The molecule has 2 rings (SSSR count). The van der Waals surface area contributed by atoms with Gasteiger partial charge in [-0.25, -0.2) is 13.1 Å². The molecule has 0 saturated heterocycles. The van der Waals surface area contributed by atoms with E-state index in [9.17, 15) is 27.8 Å². The first-order valence-electron chi connectivity index (χ1n) is 8.10. The Balaban J connectivity index is 2.30. The highest BCUT2D eigenvalue weighted by molar-refractivity contribution is 9.09. The third kappa shape index (κ3) is 5.67. The first-order valence-corrected chi connectivity index (χ1v) is 12.0. The van der Waals surface area contributed by atoms with Crippen molar-refractivity contribution in [1.29, 1.82) is 0 Å². The lowest BCUT2D eigenvalue weighted by atomic mass is 10.2. The minimum absolute atomic E-state index is 0.0299. The van der Waals surface area contributed by atoms with Crippen LogP contribution in [0.3, 0.4) is 0 Å². The van der Waals surface area contributed by atoms with E-state index in [1.807, 2.05) is 6.92 Å². The van der Waals surface area contributed by atoms with Crippen LogP contribution in [0.2, 0.25) is 0 Å². The fraction of sp³-hybridized carbons (Fsp3) is 0.294. The number of hydrogen-bond acceptors (Lipinski definition) is 6. The number of aliphatic hydroxyl groups excluding tert-OH is 1. The lowest BCUT2D eigenvalue weighted by Gasteiger charge is -2.22. The van der Waals surface area contributed by atoms with Gasteiger partial charge in [0, 0.05) is 22.0 Å². The monoisotopic (exact) mass is 490 g/mol. The van der Waals surface area contributed by atoms with Crippen LogP contribution >= 0.6 is 15.9 Å². The Kier molecular flexibility index (Phi) is 7.84. The molecule has 2 aromatic rings. The summed E-state index contributed by atoms with van der Waals surface area (Å²) >= 11 is 3.08. The van der Waals surface area contributed by atoms with E-state index in [4.69, 9.17) is 0 Å². The highest BCUT2D eigenvalue weighted by Gasteiger charge is 2.31. The Labute approximate surface area is 173 Å². The minimum Gasteiger partial charge on any atom is -0.391 e. The van der Waals surface area contributed by atoms with Crippen LogP contribution in [0.25, 0.3) is 0 Å². The maximum atomic E-state index is 12.7. The normalized spacial score (nSPS) is 15.0. The van der Waals surface area contributed by atoms with Crippen molar-refractivity contribution in [3.8, 4) is 0 Å². The fourth-order valence-corrected chi connectivity index (χ4v) is 5.64. The molecule has 28 heavy (non-hydrogen) atoms. The number of benzene rings is 2. The van der Waals surface area contributed by atoms with Crippen molar-refractivity contribution in [3.63, 3.8) is 0 Å². The number of rotatable bonds is 9. The average molecular weight is 491 g/mol. The number of sulfonamides is 1. The molecule has 0 spiro atoms. The first-order chi connectivity index (χ1) is 13.2. The van der Waals surface area contributed by atoms with Crippen molar-refractivity contribution < 1.29 is 22.7 Å². The third-order valence-corrected chi connectivity index (χ3v) is 7.56. The second-order valence-electron chi connectivity index (χ2n) is 6.00. The fourth-order valence-electron chi connectivity index (χ4n) is 2.38. The van der Waals surface area contributed by atoms with E-state index in [0.717, 1.165) is 17.7 Å². The number of nitro benzene ring substituents is 1. The number of aliphatic hydroxyl groups is 1. The van der Waals surface area contributed by atoms with Gasteiger partial charge in [0.2, 0.25) is 10.0 Å². The van der Waals surface area contributed by atoms with Gasteiger partial charge in [-0.15, -0.1) is 0 Å². The molecule has 0 fully saturated rings. The quantitative estimate of drug-likeness (QED) is 0.314. The summed E-state index contributed by atoms with van der Waals surface area (Å²) in [6, 6.07) is 10.7. The van der Waals surface area contributed by atoms with Crippen molar-refractivity contribution in [3.05, 3.63) is 64.2 Å². The molecule has 11 heteroatoms. The van der Waals surface area contributed by atoms with Gasteiger partial charge in [0.1, 0.15) is 0 Å². The maximum Gasteiger partial charge on any atom is 0.289 e. The van der Waals surface area contributed by atoms with Gasteiger partial charge in [0.05, 0.1) is 27.9 Å². The molecule has 0 aromatic heterocycles. The van der Waals surface area contributed by atoms with Crippen LogP contribution in [0.5, 0.6) is 0 Å². The van der Waals surface area contributed by atoms with Crippen LogP contribution in [0, 0.1) is 17.0 Å². The Morgan fingerprint density at radius 2 is 1.82 bits per heavy atom. The predicted octanol–water partition coefficient (Wildman–Crippen LogP) is 2.11. The van der Waals surface area contributed by atoms with Crippen molar-refractivity contribution in [2.75, 3.05) is 11.1 Å². The predicted molar refractivity (Wildman–Crippen MR) is 109 cm³/mol. The van der Waals surface area contributed by atoms with E-state index >= 15 is 0 Å². The van der Waals surface area contributed by atoms with Crippen LogP contribution < -0.4 is 4.72 Å². The van der Waals surface area contributed by atoms with Gasteiger partial charge in [-0.3, -0.25) is 14.3 Å². The number of nitrogens with one attached hydrogen (secondary N) is 1. The van der Waals surface area contributed by atoms with E-state index < -0.39 is 48.5 Å². The Morgan fingerprint density at radius 3 is 2.39 bits per heavy atom. The van der Waals surface area contributed by atoms with Crippen molar-refractivity contribution >= 4 is 42.4 Å². The Bertz CT molecular complexity index is 966.